The van der Waals surface area contributed by atoms with Crippen LogP contribution < -0.4 is 5.48 Å². The Morgan fingerprint density at radius 2 is 1.92 bits per heavy atom. The van der Waals surface area contributed by atoms with Crippen molar-refractivity contribution in [3.8, 4) is 0 Å². The Bertz CT molecular complexity index is 861. The first-order valence-corrected chi connectivity index (χ1v) is 9.19. The Morgan fingerprint density at radius 1 is 1.19 bits per heavy atom. The van der Waals surface area contributed by atoms with Gasteiger partial charge in [0.25, 0.3) is 5.91 Å². The maximum absolute atomic E-state index is 13.3. The lowest BCUT2D eigenvalue weighted by atomic mass is 10.00. The van der Waals surface area contributed by atoms with E-state index in [1.54, 1.807) is 17.0 Å². The Kier molecular flexibility index (Phi) is 4.50. The van der Waals surface area contributed by atoms with Crippen LogP contribution in [0, 0.1) is 5.82 Å². The number of benzene rings is 2. The lowest BCUT2D eigenvalue weighted by Crippen LogP contribution is -2.46. The smallest absolute Gasteiger partial charge is 0.253 e. The van der Waals surface area contributed by atoms with Crippen LogP contribution in [-0.4, -0.2) is 35.5 Å². The summed E-state index contributed by atoms with van der Waals surface area (Å²) in [4.78, 5) is 24.8. The topological polar surface area (TPSA) is 53.9 Å². The lowest BCUT2D eigenvalue weighted by molar-refractivity contribution is -0.0849. The molecule has 2 aliphatic heterocycles. The van der Waals surface area contributed by atoms with Gasteiger partial charge in [-0.1, -0.05) is 34.1 Å². The normalized spacial score (nSPS) is 18.5. The predicted molar refractivity (Wildman–Crippen MR) is 99.2 cm³/mol. The lowest BCUT2D eigenvalue weighted by Gasteiger charge is -2.35. The van der Waals surface area contributed by atoms with E-state index >= 15 is 0 Å². The number of piperidine rings is 1. The van der Waals surface area contributed by atoms with Gasteiger partial charge >= 0.3 is 0 Å². The van der Waals surface area contributed by atoms with Crippen molar-refractivity contribution in [2.24, 2.45) is 4.99 Å². The van der Waals surface area contributed by atoms with Gasteiger partial charge in [-0.2, -0.15) is 0 Å². The highest BCUT2D eigenvalue weighted by molar-refractivity contribution is 9.10. The highest BCUT2D eigenvalue weighted by Crippen LogP contribution is 2.31. The number of nitrogens with one attached hydrogen (secondary N) is 1. The number of carbonyl (C=O) groups excluding carboxylic acids is 1. The molecule has 0 aliphatic carbocycles. The van der Waals surface area contributed by atoms with E-state index < -0.39 is 11.5 Å². The molecule has 0 aromatic heterocycles. The van der Waals surface area contributed by atoms with E-state index in [0.717, 1.165) is 10.0 Å². The van der Waals surface area contributed by atoms with Crippen molar-refractivity contribution in [1.82, 2.24) is 10.4 Å². The molecule has 2 heterocycles. The van der Waals surface area contributed by atoms with Crippen LogP contribution in [0.25, 0.3) is 0 Å². The molecular weight excluding hydrogens is 401 g/mol. The third-order valence-corrected chi connectivity index (χ3v) is 5.20. The summed E-state index contributed by atoms with van der Waals surface area (Å²) in [5, 5.41) is 0. The zero-order valence-electron chi connectivity index (χ0n) is 13.9. The zero-order chi connectivity index (χ0) is 18.1. The molecule has 1 amide bonds. The van der Waals surface area contributed by atoms with Gasteiger partial charge in [-0.25, -0.2) is 19.7 Å². The fourth-order valence-corrected chi connectivity index (χ4v) is 3.47. The average Bonchev–Trinajstić information content (AvgIpc) is 3.06. The van der Waals surface area contributed by atoms with Crippen molar-refractivity contribution in [1.29, 1.82) is 0 Å². The summed E-state index contributed by atoms with van der Waals surface area (Å²) in [6, 6.07) is 13.6. The van der Waals surface area contributed by atoms with Crippen LogP contribution in [0.5, 0.6) is 0 Å². The zero-order valence-corrected chi connectivity index (χ0v) is 15.5. The molecule has 2 aromatic carbocycles. The van der Waals surface area contributed by atoms with Gasteiger partial charge in [0.05, 0.1) is 0 Å². The maximum atomic E-state index is 13.3. The summed E-state index contributed by atoms with van der Waals surface area (Å²) in [7, 11) is 0. The van der Waals surface area contributed by atoms with Crippen molar-refractivity contribution in [3.63, 3.8) is 0 Å². The minimum atomic E-state index is -0.652. The van der Waals surface area contributed by atoms with Crippen LogP contribution in [0.1, 0.15) is 28.8 Å². The third kappa shape index (κ3) is 3.37. The highest BCUT2D eigenvalue weighted by atomic mass is 79.9. The molecule has 2 aliphatic rings. The van der Waals surface area contributed by atoms with Crippen molar-refractivity contribution in [3.05, 3.63) is 69.9 Å². The molecule has 7 heteroatoms. The molecule has 0 radical (unpaired) electrons. The number of halogens is 2. The largest absolute Gasteiger partial charge is 0.338 e. The quantitative estimate of drug-likeness (QED) is 0.813. The summed E-state index contributed by atoms with van der Waals surface area (Å²) in [5.74, 6) is 0.126. The van der Waals surface area contributed by atoms with E-state index in [0.29, 0.717) is 37.3 Å². The van der Waals surface area contributed by atoms with Gasteiger partial charge in [-0.3, -0.25) is 4.79 Å². The highest BCUT2D eigenvalue weighted by Gasteiger charge is 2.41. The number of amidine groups is 1. The van der Waals surface area contributed by atoms with Crippen LogP contribution in [0.3, 0.4) is 0 Å². The van der Waals surface area contributed by atoms with Gasteiger partial charge < -0.3 is 4.90 Å². The number of carbonyl (C=O) groups is 1. The van der Waals surface area contributed by atoms with E-state index in [1.165, 1.54) is 12.1 Å². The van der Waals surface area contributed by atoms with Gasteiger partial charge in [-0.05, 0) is 30.3 Å². The fourth-order valence-electron chi connectivity index (χ4n) is 3.20. The molecule has 1 saturated heterocycles. The molecule has 2 aromatic rings. The standard InChI is InChI=1S/C19H17BrFN3O2/c20-15-6-4-13(5-7-15)17-22-19(26-23-17)8-10-24(11-9-19)18(25)14-2-1-3-16(21)12-14/h1-7,12H,8-11H2,(H,22,23). The minimum absolute atomic E-state index is 0.164. The van der Waals surface area contributed by atoms with Crippen LogP contribution in [0.15, 0.2) is 58.0 Å². The van der Waals surface area contributed by atoms with E-state index in [1.807, 2.05) is 24.3 Å². The second kappa shape index (κ2) is 6.81. The summed E-state index contributed by atoms with van der Waals surface area (Å²) < 4.78 is 14.3. The molecule has 1 fully saturated rings. The molecule has 1 N–H and O–H groups in total. The number of amides is 1. The van der Waals surface area contributed by atoms with Crippen LogP contribution >= 0.6 is 15.9 Å². The van der Waals surface area contributed by atoms with Gasteiger partial charge in [-0.15, -0.1) is 0 Å². The fraction of sp³-hybridized carbons (Fsp3) is 0.263. The maximum Gasteiger partial charge on any atom is 0.253 e. The van der Waals surface area contributed by atoms with Crippen molar-refractivity contribution >= 4 is 27.7 Å². The second-order valence-corrected chi connectivity index (χ2v) is 7.34. The Balaban J connectivity index is 1.45. The van der Waals surface area contributed by atoms with E-state index in [9.17, 15) is 9.18 Å². The molecule has 4 rings (SSSR count). The number of nitrogens with zero attached hydrogens (tertiary/aromatic N) is 2. The van der Waals surface area contributed by atoms with Crippen molar-refractivity contribution in [2.45, 2.75) is 18.6 Å². The first kappa shape index (κ1) is 17.2. The molecule has 26 heavy (non-hydrogen) atoms. The van der Waals surface area contributed by atoms with Gasteiger partial charge in [0.1, 0.15) is 5.82 Å². The average molecular weight is 418 g/mol. The van der Waals surface area contributed by atoms with Gasteiger partial charge in [0, 0.05) is 41.5 Å². The Morgan fingerprint density at radius 3 is 2.62 bits per heavy atom. The van der Waals surface area contributed by atoms with Crippen LogP contribution in [0.4, 0.5) is 4.39 Å². The van der Waals surface area contributed by atoms with E-state index in [4.69, 9.17) is 9.83 Å². The number of hydrogen-bond acceptors (Lipinski definition) is 4. The SMILES string of the molecule is O=C(c1cccc(F)c1)N1CCC2(CC1)N=C(c1ccc(Br)cc1)NO2. The molecule has 5 nitrogen and oxygen atoms in total. The number of hydrogen-bond donors (Lipinski definition) is 1. The monoisotopic (exact) mass is 417 g/mol. The van der Waals surface area contributed by atoms with Crippen molar-refractivity contribution < 1.29 is 14.0 Å². The number of likely N-dealkylation sites (tertiary alicyclic amines) is 1. The molecule has 0 atom stereocenters. The predicted octanol–water partition coefficient (Wildman–Crippen LogP) is 3.50. The molecule has 0 bridgehead atoms. The minimum Gasteiger partial charge on any atom is -0.338 e. The number of aliphatic imine (C=N–C) groups is 1. The summed E-state index contributed by atoms with van der Waals surface area (Å²) in [5.41, 5.74) is 3.58. The van der Waals surface area contributed by atoms with E-state index in [2.05, 4.69) is 21.4 Å². The van der Waals surface area contributed by atoms with Crippen molar-refractivity contribution in [2.75, 3.05) is 13.1 Å². The molecule has 0 unspecified atom stereocenters. The van der Waals surface area contributed by atoms with E-state index in [-0.39, 0.29) is 5.91 Å². The van der Waals surface area contributed by atoms with Crippen LogP contribution in [-0.2, 0) is 4.84 Å². The summed E-state index contributed by atoms with van der Waals surface area (Å²) in [6.45, 7) is 1.02. The number of hydroxylamine groups is 1. The molecular formula is C19H17BrFN3O2. The molecule has 134 valence electrons. The third-order valence-electron chi connectivity index (χ3n) is 4.67. The summed E-state index contributed by atoms with van der Waals surface area (Å²) >= 11 is 3.42. The summed E-state index contributed by atoms with van der Waals surface area (Å²) in [6.07, 6.45) is 1.17. The Labute approximate surface area is 158 Å². The van der Waals surface area contributed by atoms with Crippen LogP contribution in [0.2, 0.25) is 0 Å². The Hall–Kier alpha value is -2.25. The molecule has 1 spiro atoms. The second-order valence-electron chi connectivity index (χ2n) is 6.42. The number of rotatable bonds is 2. The first-order valence-electron chi connectivity index (χ1n) is 8.39. The molecule has 0 saturated carbocycles. The first-order chi connectivity index (χ1) is 12.5. The van der Waals surface area contributed by atoms with Gasteiger partial charge in [0.2, 0.25) is 0 Å². The van der Waals surface area contributed by atoms with Gasteiger partial charge in [0.15, 0.2) is 11.6 Å².